The van der Waals surface area contributed by atoms with Gasteiger partial charge in [0.2, 0.25) is 0 Å². The van der Waals surface area contributed by atoms with Crippen molar-refractivity contribution in [2.45, 2.75) is 46.3 Å². The number of benzene rings is 1. The molecule has 1 aromatic heterocycles. The average molecular weight is 288 g/mol. The van der Waals surface area contributed by atoms with Crippen LogP contribution >= 0.6 is 0 Å². The van der Waals surface area contributed by atoms with Crippen LogP contribution in [0.2, 0.25) is 0 Å². The molecule has 1 unspecified atom stereocenters. The van der Waals surface area contributed by atoms with Gasteiger partial charge in [0, 0.05) is 19.2 Å². The maximum atomic E-state index is 10.4. The molecule has 4 nitrogen and oxygen atoms in total. The van der Waals surface area contributed by atoms with Crippen molar-refractivity contribution in [2.75, 3.05) is 0 Å². The number of rotatable bonds is 5. The molecule has 0 saturated heterocycles. The lowest BCUT2D eigenvalue weighted by molar-refractivity contribution is 0.177. The molecule has 0 aliphatic heterocycles. The number of ether oxygens (including phenoxy) is 1. The number of hydrogen-bond donors (Lipinski definition) is 1. The van der Waals surface area contributed by atoms with Crippen LogP contribution in [0, 0.1) is 13.8 Å². The lowest BCUT2D eigenvalue weighted by atomic mass is 10.00. The molecule has 0 fully saturated rings. The molecule has 1 atom stereocenters. The highest BCUT2D eigenvalue weighted by atomic mass is 16.5. The number of hydrogen-bond acceptors (Lipinski definition) is 3. The first kappa shape index (κ1) is 15.6. The maximum Gasteiger partial charge on any atom is 0.119 e. The van der Waals surface area contributed by atoms with Crippen molar-refractivity contribution in [3.8, 4) is 5.75 Å². The molecule has 0 radical (unpaired) electrons. The number of aromatic nitrogens is 2. The lowest BCUT2D eigenvalue weighted by Crippen LogP contribution is -2.06. The molecule has 1 heterocycles. The van der Waals surface area contributed by atoms with Gasteiger partial charge in [0.25, 0.3) is 0 Å². The van der Waals surface area contributed by atoms with Crippen molar-refractivity contribution < 1.29 is 9.84 Å². The minimum absolute atomic E-state index is 0.154. The van der Waals surface area contributed by atoms with Crippen LogP contribution in [-0.2, 0) is 13.5 Å². The highest BCUT2D eigenvalue weighted by Crippen LogP contribution is 2.24. The van der Waals surface area contributed by atoms with E-state index >= 15 is 0 Å². The molecular formula is C17H24N2O2. The third kappa shape index (κ3) is 3.64. The summed E-state index contributed by atoms with van der Waals surface area (Å²) in [6.45, 7) is 8.00. The van der Waals surface area contributed by atoms with E-state index < -0.39 is 6.10 Å². The van der Waals surface area contributed by atoms with Gasteiger partial charge in [0.1, 0.15) is 5.75 Å². The highest BCUT2D eigenvalue weighted by molar-refractivity contribution is 5.31. The minimum atomic E-state index is -0.528. The second-order valence-corrected chi connectivity index (χ2v) is 5.73. The molecular weight excluding hydrogens is 264 g/mol. The van der Waals surface area contributed by atoms with Crippen molar-refractivity contribution in [2.24, 2.45) is 7.05 Å². The third-order valence-corrected chi connectivity index (χ3v) is 3.69. The van der Waals surface area contributed by atoms with Gasteiger partial charge in [0.05, 0.1) is 17.9 Å². The molecule has 0 aliphatic rings. The normalized spacial score (nSPS) is 12.7. The quantitative estimate of drug-likeness (QED) is 0.919. The Kier molecular flexibility index (Phi) is 4.68. The fraction of sp³-hybridized carbons (Fsp3) is 0.471. The number of aliphatic hydroxyl groups is 1. The summed E-state index contributed by atoms with van der Waals surface area (Å²) < 4.78 is 7.47. The summed E-state index contributed by atoms with van der Waals surface area (Å²) in [6.07, 6.45) is 0.205. The Morgan fingerprint density at radius 2 is 1.81 bits per heavy atom. The number of aryl methyl sites for hydroxylation is 2. The monoisotopic (exact) mass is 288 g/mol. The molecule has 0 amide bonds. The summed E-state index contributed by atoms with van der Waals surface area (Å²) in [4.78, 5) is 0. The zero-order valence-electron chi connectivity index (χ0n) is 13.4. The summed E-state index contributed by atoms with van der Waals surface area (Å²) in [5.74, 6) is 0.828. The molecule has 0 aliphatic carbocycles. The van der Waals surface area contributed by atoms with Crippen LogP contribution in [0.5, 0.6) is 5.75 Å². The van der Waals surface area contributed by atoms with Gasteiger partial charge in [-0.15, -0.1) is 0 Å². The molecule has 114 valence electrons. The molecule has 2 rings (SSSR count). The first-order chi connectivity index (χ1) is 9.88. The largest absolute Gasteiger partial charge is 0.491 e. The molecule has 1 N–H and O–H groups in total. The van der Waals surface area contributed by atoms with Gasteiger partial charge in [-0.05, 0) is 51.0 Å². The summed E-state index contributed by atoms with van der Waals surface area (Å²) >= 11 is 0. The molecule has 0 saturated carbocycles. The van der Waals surface area contributed by atoms with Gasteiger partial charge in [-0.25, -0.2) is 0 Å². The summed E-state index contributed by atoms with van der Waals surface area (Å²) in [6, 6.07) is 7.65. The maximum absolute atomic E-state index is 10.4. The van der Waals surface area contributed by atoms with Gasteiger partial charge in [-0.3, -0.25) is 4.68 Å². The molecule has 0 bridgehead atoms. The Balaban J connectivity index is 2.11. The van der Waals surface area contributed by atoms with Crippen LogP contribution in [-0.4, -0.2) is 21.0 Å². The van der Waals surface area contributed by atoms with Crippen molar-refractivity contribution >= 4 is 0 Å². The van der Waals surface area contributed by atoms with E-state index in [1.165, 1.54) is 0 Å². The van der Waals surface area contributed by atoms with Crippen molar-refractivity contribution in [1.29, 1.82) is 0 Å². The molecule has 4 heteroatoms. The van der Waals surface area contributed by atoms with E-state index in [1.54, 1.807) is 0 Å². The van der Waals surface area contributed by atoms with E-state index in [4.69, 9.17) is 4.74 Å². The first-order valence-electron chi connectivity index (χ1n) is 7.32. The van der Waals surface area contributed by atoms with Crippen LogP contribution in [0.1, 0.15) is 42.5 Å². The van der Waals surface area contributed by atoms with Crippen molar-refractivity contribution in [3.63, 3.8) is 0 Å². The fourth-order valence-electron chi connectivity index (χ4n) is 2.46. The summed E-state index contributed by atoms with van der Waals surface area (Å²) in [5, 5.41) is 14.8. The average Bonchev–Trinajstić information content (AvgIpc) is 2.65. The summed E-state index contributed by atoms with van der Waals surface area (Å²) in [5.41, 5.74) is 4.10. The van der Waals surface area contributed by atoms with E-state index in [9.17, 15) is 5.11 Å². The molecule has 2 aromatic rings. The topological polar surface area (TPSA) is 47.3 Å². The predicted molar refractivity (Wildman–Crippen MR) is 83.6 cm³/mol. The van der Waals surface area contributed by atoms with Gasteiger partial charge >= 0.3 is 0 Å². The van der Waals surface area contributed by atoms with Crippen LogP contribution in [0.3, 0.4) is 0 Å². The third-order valence-electron chi connectivity index (χ3n) is 3.69. The van der Waals surface area contributed by atoms with E-state index in [1.807, 2.05) is 63.7 Å². The van der Waals surface area contributed by atoms with Gasteiger partial charge in [-0.1, -0.05) is 12.1 Å². The number of nitrogens with zero attached hydrogens (tertiary/aromatic N) is 2. The summed E-state index contributed by atoms with van der Waals surface area (Å²) in [7, 11) is 1.93. The van der Waals surface area contributed by atoms with E-state index in [2.05, 4.69) is 5.10 Å². The fourth-order valence-corrected chi connectivity index (χ4v) is 2.46. The standard InChI is InChI=1S/C17H24N2O2/c1-11(2)21-15-8-6-14(7-9-15)17(20)10-16-12(3)18-19(5)13(16)4/h6-9,11,17,20H,10H2,1-5H3. The SMILES string of the molecule is Cc1nn(C)c(C)c1CC(O)c1ccc(OC(C)C)cc1. The Hall–Kier alpha value is -1.81. The predicted octanol–water partition coefficient (Wildman–Crippen LogP) is 3.10. The van der Waals surface area contributed by atoms with Crippen LogP contribution in [0.15, 0.2) is 24.3 Å². The Morgan fingerprint density at radius 1 is 1.19 bits per heavy atom. The zero-order valence-corrected chi connectivity index (χ0v) is 13.4. The van der Waals surface area contributed by atoms with E-state index in [-0.39, 0.29) is 6.10 Å². The Labute approximate surface area is 126 Å². The molecule has 0 spiro atoms. The Bertz CT molecular complexity index is 600. The minimum Gasteiger partial charge on any atom is -0.491 e. The van der Waals surface area contributed by atoms with E-state index in [0.29, 0.717) is 6.42 Å². The molecule has 1 aromatic carbocycles. The van der Waals surface area contributed by atoms with E-state index in [0.717, 1.165) is 28.3 Å². The van der Waals surface area contributed by atoms with Gasteiger partial charge in [0.15, 0.2) is 0 Å². The second-order valence-electron chi connectivity index (χ2n) is 5.73. The molecule has 21 heavy (non-hydrogen) atoms. The van der Waals surface area contributed by atoms with Gasteiger partial charge < -0.3 is 9.84 Å². The highest BCUT2D eigenvalue weighted by Gasteiger charge is 2.15. The van der Waals surface area contributed by atoms with Crippen molar-refractivity contribution in [1.82, 2.24) is 9.78 Å². The van der Waals surface area contributed by atoms with Crippen LogP contribution in [0.4, 0.5) is 0 Å². The first-order valence-corrected chi connectivity index (χ1v) is 7.32. The second kappa shape index (κ2) is 6.31. The lowest BCUT2D eigenvalue weighted by Gasteiger charge is -2.14. The van der Waals surface area contributed by atoms with Crippen molar-refractivity contribution in [3.05, 3.63) is 46.8 Å². The smallest absolute Gasteiger partial charge is 0.119 e. The van der Waals surface area contributed by atoms with Gasteiger partial charge in [-0.2, -0.15) is 5.10 Å². The van der Waals surface area contributed by atoms with Crippen LogP contribution < -0.4 is 4.74 Å². The number of aliphatic hydroxyl groups excluding tert-OH is 1. The zero-order chi connectivity index (χ0) is 15.6. The Morgan fingerprint density at radius 3 is 2.29 bits per heavy atom. The van der Waals surface area contributed by atoms with Crippen LogP contribution in [0.25, 0.3) is 0 Å².